The molecule has 0 atom stereocenters. The Hall–Kier alpha value is -1.97. The van der Waals surface area contributed by atoms with E-state index in [2.05, 4.69) is 4.98 Å². The van der Waals surface area contributed by atoms with Crippen molar-refractivity contribution in [3.05, 3.63) is 73.5 Å². The number of aromatic amines is 1. The predicted octanol–water partition coefficient (Wildman–Crippen LogP) is 4.44. The van der Waals surface area contributed by atoms with Crippen molar-refractivity contribution in [2.75, 3.05) is 0 Å². The van der Waals surface area contributed by atoms with Crippen molar-refractivity contribution in [2.24, 2.45) is 0 Å². The number of halogens is 2. The molecule has 0 radical (unpaired) electrons. The van der Waals surface area contributed by atoms with Gasteiger partial charge in [-0.2, -0.15) is 0 Å². The number of aromatic nitrogens is 1. The van der Waals surface area contributed by atoms with Gasteiger partial charge < -0.3 is 10.1 Å². The Bertz CT molecular complexity index is 915. The van der Waals surface area contributed by atoms with E-state index < -0.39 is 0 Å². The molecule has 22 heavy (non-hydrogen) atoms. The van der Waals surface area contributed by atoms with E-state index in [9.17, 15) is 9.90 Å². The summed E-state index contributed by atoms with van der Waals surface area (Å²) in [6.07, 6.45) is 0.459. The molecule has 0 bridgehead atoms. The molecule has 0 amide bonds. The molecule has 0 spiro atoms. The molecular formula is C17H13Cl2NO2. The molecule has 2 N–H and O–H groups in total. The number of phenolic OH excluding ortho intramolecular Hbond substituents is 1. The van der Waals surface area contributed by atoms with Gasteiger partial charge in [0.2, 0.25) is 0 Å². The number of fused-ring (bicyclic) bond motifs is 1. The Morgan fingerprint density at radius 3 is 2.45 bits per heavy atom. The third-order valence-corrected chi connectivity index (χ3v) is 4.33. The first-order valence-corrected chi connectivity index (χ1v) is 7.50. The number of pyridine rings is 1. The van der Waals surface area contributed by atoms with Crippen LogP contribution in [0.3, 0.4) is 0 Å². The lowest BCUT2D eigenvalue weighted by atomic mass is 9.98. The smallest absolute Gasteiger partial charge is 0.252 e. The molecule has 3 rings (SSSR count). The molecule has 0 fully saturated rings. The molecule has 0 saturated heterocycles. The Labute approximate surface area is 137 Å². The Balaban J connectivity index is 2.19. The van der Waals surface area contributed by atoms with E-state index in [4.69, 9.17) is 23.2 Å². The van der Waals surface area contributed by atoms with Crippen LogP contribution in [-0.2, 0) is 6.42 Å². The maximum Gasteiger partial charge on any atom is 0.252 e. The fourth-order valence-corrected chi connectivity index (χ4v) is 2.87. The van der Waals surface area contributed by atoms with Crippen molar-refractivity contribution in [1.82, 2.24) is 4.98 Å². The van der Waals surface area contributed by atoms with Crippen LogP contribution in [-0.4, -0.2) is 10.1 Å². The second-order valence-corrected chi connectivity index (χ2v) is 6.02. The zero-order valence-electron chi connectivity index (χ0n) is 11.8. The second kappa shape index (κ2) is 5.67. The van der Waals surface area contributed by atoms with Crippen LogP contribution in [0.2, 0.25) is 10.0 Å². The minimum Gasteiger partial charge on any atom is -0.506 e. The molecule has 0 saturated carbocycles. The third kappa shape index (κ3) is 2.58. The van der Waals surface area contributed by atoms with Crippen molar-refractivity contribution >= 4 is 34.1 Å². The monoisotopic (exact) mass is 333 g/mol. The van der Waals surface area contributed by atoms with Gasteiger partial charge in [-0.15, -0.1) is 0 Å². The highest BCUT2D eigenvalue weighted by molar-refractivity contribution is 6.33. The van der Waals surface area contributed by atoms with Gasteiger partial charge >= 0.3 is 0 Å². The number of H-pyrrole nitrogens is 1. The molecular weight excluding hydrogens is 321 g/mol. The average molecular weight is 334 g/mol. The summed E-state index contributed by atoms with van der Waals surface area (Å²) in [6, 6.07) is 10.6. The van der Waals surface area contributed by atoms with Crippen molar-refractivity contribution in [3.8, 4) is 5.75 Å². The predicted molar refractivity (Wildman–Crippen MR) is 90.2 cm³/mol. The van der Waals surface area contributed by atoms with Gasteiger partial charge in [0.05, 0.1) is 10.5 Å². The van der Waals surface area contributed by atoms with Crippen molar-refractivity contribution in [3.63, 3.8) is 0 Å². The first-order chi connectivity index (χ1) is 10.5. The number of hydrogen-bond acceptors (Lipinski definition) is 2. The molecule has 112 valence electrons. The fraction of sp³-hybridized carbons (Fsp3) is 0.118. The van der Waals surface area contributed by atoms with E-state index >= 15 is 0 Å². The van der Waals surface area contributed by atoms with Gasteiger partial charge in [0.25, 0.3) is 5.56 Å². The molecule has 0 unspecified atom stereocenters. The zero-order chi connectivity index (χ0) is 15.9. The van der Waals surface area contributed by atoms with Gasteiger partial charge in [0, 0.05) is 22.4 Å². The number of aromatic hydroxyl groups is 1. The largest absolute Gasteiger partial charge is 0.506 e. The van der Waals surface area contributed by atoms with Crippen LogP contribution in [0.5, 0.6) is 5.75 Å². The minimum absolute atomic E-state index is 0.00901. The topological polar surface area (TPSA) is 53.1 Å². The summed E-state index contributed by atoms with van der Waals surface area (Å²) in [5.74, 6) is -0.00901. The molecule has 5 heteroatoms. The molecule has 0 aliphatic carbocycles. The maximum atomic E-state index is 12.3. The van der Waals surface area contributed by atoms with Crippen LogP contribution in [0.25, 0.3) is 10.9 Å². The molecule has 1 aromatic heterocycles. The third-order valence-electron chi connectivity index (χ3n) is 3.77. The molecule has 3 aromatic rings. The highest BCUT2D eigenvalue weighted by Gasteiger charge is 2.14. The van der Waals surface area contributed by atoms with Gasteiger partial charge in [0.15, 0.2) is 0 Å². The van der Waals surface area contributed by atoms with Gasteiger partial charge in [-0.05, 0) is 42.3 Å². The number of rotatable bonds is 2. The summed E-state index contributed by atoms with van der Waals surface area (Å²) in [5.41, 5.74) is 2.71. The highest BCUT2D eigenvalue weighted by atomic mass is 35.5. The van der Waals surface area contributed by atoms with Crippen molar-refractivity contribution < 1.29 is 5.11 Å². The molecule has 0 aliphatic heterocycles. The molecule has 0 aliphatic rings. The standard InChI is InChI=1S/C17H13Cl2NO2/c1-9-12(8-10-2-4-11(18)5-3-10)17(22)20-14-7-6-13(19)16(21)15(9)14/h2-7,21H,8H2,1H3,(H,20,22). The summed E-state index contributed by atoms with van der Waals surface area (Å²) in [7, 11) is 0. The molecule has 3 nitrogen and oxygen atoms in total. The van der Waals surface area contributed by atoms with Gasteiger partial charge in [0.1, 0.15) is 5.75 Å². The highest BCUT2D eigenvalue weighted by Crippen LogP contribution is 2.34. The minimum atomic E-state index is -0.165. The average Bonchev–Trinajstić information content (AvgIpc) is 2.49. The van der Waals surface area contributed by atoms with Crippen LogP contribution in [0.15, 0.2) is 41.2 Å². The Morgan fingerprint density at radius 2 is 1.77 bits per heavy atom. The van der Waals surface area contributed by atoms with Crippen LogP contribution < -0.4 is 5.56 Å². The molecule has 2 aromatic carbocycles. The van der Waals surface area contributed by atoms with Crippen LogP contribution in [0, 0.1) is 6.92 Å². The Morgan fingerprint density at radius 1 is 1.09 bits per heavy atom. The zero-order valence-corrected chi connectivity index (χ0v) is 13.3. The number of nitrogens with one attached hydrogen (secondary N) is 1. The second-order valence-electron chi connectivity index (χ2n) is 5.18. The number of aryl methyl sites for hydroxylation is 1. The van der Waals surface area contributed by atoms with E-state index in [1.807, 2.05) is 19.1 Å². The summed E-state index contributed by atoms with van der Waals surface area (Å²) >= 11 is 11.9. The number of hydrogen-bond donors (Lipinski definition) is 2. The summed E-state index contributed by atoms with van der Waals surface area (Å²) in [6.45, 7) is 1.82. The summed E-state index contributed by atoms with van der Waals surface area (Å²) < 4.78 is 0. The summed E-state index contributed by atoms with van der Waals surface area (Å²) in [5, 5.41) is 11.7. The SMILES string of the molecule is Cc1c(Cc2ccc(Cl)cc2)c(=O)[nH]c2ccc(Cl)c(O)c12. The Kier molecular flexibility index (Phi) is 3.85. The first-order valence-electron chi connectivity index (χ1n) is 6.74. The van der Waals surface area contributed by atoms with Crippen LogP contribution >= 0.6 is 23.2 Å². The lowest BCUT2D eigenvalue weighted by molar-refractivity contribution is 0.481. The lowest BCUT2D eigenvalue weighted by Gasteiger charge is -2.11. The normalized spacial score (nSPS) is 11.0. The summed E-state index contributed by atoms with van der Waals surface area (Å²) in [4.78, 5) is 15.1. The number of phenols is 1. The van der Waals surface area contributed by atoms with Gasteiger partial charge in [-0.25, -0.2) is 0 Å². The quantitative estimate of drug-likeness (QED) is 0.728. The van der Waals surface area contributed by atoms with E-state index in [1.54, 1.807) is 24.3 Å². The molecule has 1 heterocycles. The van der Waals surface area contributed by atoms with Crippen molar-refractivity contribution in [1.29, 1.82) is 0 Å². The van der Waals surface area contributed by atoms with Crippen LogP contribution in [0.1, 0.15) is 16.7 Å². The van der Waals surface area contributed by atoms with Crippen LogP contribution in [0.4, 0.5) is 0 Å². The fourth-order valence-electron chi connectivity index (χ4n) is 2.59. The van der Waals surface area contributed by atoms with Gasteiger partial charge in [-0.3, -0.25) is 4.79 Å². The van der Waals surface area contributed by atoms with E-state index in [0.717, 1.165) is 11.1 Å². The van der Waals surface area contributed by atoms with E-state index in [1.165, 1.54) is 0 Å². The van der Waals surface area contributed by atoms with Crippen molar-refractivity contribution in [2.45, 2.75) is 13.3 Å². The van der Waals surface area contributed by atoms with Gasteiger partial charge in [-0.1, -0.05) is 35.3 Å². The number of benzene rings is 2. The lowest BCUT2D eigenvalue weighted by Crippen LogP contribution is -2.15. The maximum absolute atomic E-state index is 12.3. The first kappa shape index (κ1) is 14.9. The van der Waals surface area contributed by atoms with E-state index in [-0.39, 0.29) is 16.3 Å². The van der Waals surface area contributed by atoms with E-state index in [0.29, 0.717) is 27.9 Å².